The van der Waals surface area contributed by atoms with Gasteiger partial charge in [0, 0.05) is 24.3 Å². The first-order valence-electron chi connectivity index (χ1n) is 7.93. The van der Waals surface area contributed by atoms with Crippen molar-refractivity contribution in [2.75, 3.05) is 20.3 Å². The lowest BCUT2D eigenvalue weighted by Gasteiger charge is -2.21. The van der Waals surface area contributed by atoms with Gasteiger partial charge in [-0.3, -0.25) is 0 Å². The number of ether oxygens (including phenoxy) is 2. The summed E-state index contributed by atoms with van der Waals surface area (Å²) in [6, 6.07) is 5.16. The second-order valence-corrected chi connectivity index (χ2v) is 5.61. The molecule has 0 radical (unpaired) electrons. The zero-order chi connectivity index (χ0) is 15.1. The fraction of sp³-hybridized carbons (Fsp3) is 0.647. The van der Waals surface area contributed by atoms with Gasteiger partial charge >= 0.3 is 0 Å². The maximum Gasteiger partial charge on any atom is 0.131 e. The molecule has 2 rings (SSSR count). The van der Waals surface area contributed by atoms with Crippen LogP contribution in [0.25, 0.3) is 0 Å². The fourth-order valence-corrected chi connectivity index (χ4v) is 2.83. The standard InChI is InChI=1S/C17H26FNO2/c1-3-10-19-17(9-7-13-5-4-11-21-13)15-8-6-14(20-2)12-16(15)18/h6,8,12-13,17,19H,3-5,7,9-11H2,1-2H3. The molecule has 1 aliphatic rings. The third kappa shape index (κ3) is 4.68. The molecule has 0 aromatic heterocycles. The Balaban J connectivity index is 2.03. The number of rotatable bonds is 8. The molecular weight excluding hydrogens is 269 g/mol. The van der Waals surface area contributed by atoms with Gasteiger partial charge in [-0.2, -0.15) is 0 Å². The van der Waals surface area contributed by atoms with Crippen molar-refractivity contribution < 1.29 is 13.9 Å². The van der Waals surface area contributed by atoms with Crippen molar-refractivity contribution in [1.82, 2.24) is 5.32 Å². The van der Waals surface area contributed by atoms with Gasteiger partial charge in [-0.05, 0) is 44.7 Å². The summed E-state index contributed by atoms with van der Waals surface area (Å²) < 4.78 is 25.0. The van der Waals surface area contributed by atoms with Crippen LogP contribution in [0.15, 0.2) is 18.2 Å². The van der Waals surface area contributed by atoms with Crippen molar-refractivity contribution in [2.45, 2.75) is 51.2 Å². The van der Waals surface area contributed by atoms with Crippen molar-refractivity contribution in [3.63, 3.8) is 0 Å². The van der Waals surface area contributed by atoms with E-state index in [1.165, 1.54) is 6.07 Å². The summed E-state index contributed by atoms with van der Waals surface area (Å²) in [4.78, 5) is 0. The zero-order valence-corrected chi connectivity index (χ0v) is 13.0. The van der Waals surface area contributed by atoms with E-state index in [0.717, 1.165) is 50.8 Å². The lowest BCUT2D eigenvalue weighted by molar-refractivity contribution is 0.0994. The van der Waals surface area contributed by atoms with Gasteiger partial charge < -0.3 is 14.8 Å². The van der Waals surface area contributed by atoms with Crippen LogP contribution in [-0.2, 0) is 4.74 Å². The molecule has 2 atom stereocenters. The molecule has 2 unspecified atom stereocenters. The Bertz CT molecular complexity index is 433. The monoisotopic (exact) mass is 295 g/mol. The Kier molecular flexibility index (Phi) is 6.46. The summed E-state index contributed by atoms with van der Waals surface area (Å²) in [5.74, 6) is 0.361. The lowest BCUT2D eigenvalue weighted by Crippen LogP contribution is -2.24. The van der Waals surface area contributed by atoms with Gasteiger partial charge in [0.15, 0.2) is 0 Å². The van der Waals surface area contributed by atoms with Gasteiger partial charge in [0.25, 0.3) is 0 Å². The summed E-state index contributed by atoms with van der Waals surface area (Å²) in [7, 11) is 1.55. The molecule has 3 nitrogen and oxygen atoms in total. The second-order valence-electron chi connectivity index (χ2n) is 5.61. The highest BCUT2D eigenvalue weighted by Gasteiger charge is 2.20. The topological polar surface area (TPSA) is 30.5 Å². The minimum Gasteiger partial charge on any atom is -0.497 e. The molecule has 4 heteroatoms. The zero-order valence-electron chi connectivity index (χ0n) is 13.0. The summed E-state index contributed by atoms with van der Waals surface area (Å²) in [5.41, 5.74) is 0.724. The average molecular weight is 295 g/mol. The van der Waals surface area contributed by atoms with E-state index in [9.17, 15) is 4.39 Å². The minimum absolute atomic E-state index is 0.0417. The molecule has 1 aromatic rings. The van der Waals surface area contributed by atoms with Crippen molar-refractivity contribution in [1.29, 1.82) is 0 Å². The van der Waals surface area contributed by atoms with E-state index in [1.54, 1.807) is 7.11 Å². The van der Waals surface area contributed by atoms with E-state index in [2.05, 4.69) is 12.2 Å². The Labute approximate surface area is 126 Å². The van der Waals surface area contributed by atoms with Gasteiger partial charge in [0.1, 0.15) is 11.6 Å². The summed E-state index contributed by atoms with van der Waals surface area (Å²) in [5, 5.41) is 3.45. The lowest BCUT2D eigenvalue weighted by atomic mass is 9.98. The molecule has 1 fully saturated rings. The quantitative estimate of drug-likeness (QED) is 0.790. The number of nitrogens with one attached hydrogen (secondary N) is 1. The maximum atomic E-state index is 14.3. The van der Waals surface area contributed by atoms with Crippen LogP contribution in [0.1, 0.15) is 50.6 Å². The van der Waals surface area contributed by atoms with Crippen LogP contribution in [0.3, 0.4) is 0 Å². The first kappa shape index (κ1) is 16.2. The highest BCUT2D eigenvalue weighted by molar-refractivity contribution is 5.30. The molecule has 0 saturated carbocycles. The molecule has 0 bridgehead atoms. The number of hydrogen-bond acceptors (Lipinski definition) is 3. The van der Waals surface area contributed by atoms with Gasteiger partial charge in [-0.1, -0.05) is 13.0 Å². The molecular formula is C17H26FNO2. The van der Waals surface area contributed by atoms with Crippen LogP contribution in [0.5, 0.6) is 5.75 Å². The van der Waals surface area contributed by atoms with Crippen LogP contribution in [0.4, 0.5) is 4.39 Å². The highest BCUT2D eigenvalue weighted by atomic mass is 19.1. The predicted octanol–water partition coefficient (Wildman–Crippen LogP) is 3.83. The Hall–Kier alpha value is -1.13. The predicted molar refractivity (Wildman–Crippen MR) is 82.2 cm³/mol. The van der Waals surface area contributed by atoms with E-state index in [-0.39, 0.29) is 11.9 Å². The number of methoxy groups -OCH3 is 1. The van der Waals surface area contributed by atoms with E-state index in [0.29, 0.717) is 11.9 Å². The Morgan fingerprint density at radius 1 is 1.48 bits per heavy atom. The first-order chi connectivity index (χ1) is 10.2. The minimum atomic E-state index is -0.199. The van der Waals surface area contributed by atoms with Gasteiger partial charge in [0.05, 0.1) is 13.2 Å². The third-order valence-electron chi connectivity index (χ3n) is 4.03. The van der Waals surface area contributed by atoms with Crippen LogP contribution in [-0.4, -0.2) is 26.4 Å². The largest absolute Gasteiger partial charge is 0.497 e. The molecule has 1 aliphatic heterocycles. The Morgan fingerprint density at radius 3 is 2.95 bits per heavy atom. The van der Waals surface area contributed by atoms with Crippen molar-refractivity contribution in [3.8, 4) is 5.75 Å². The molecule has 1 N–H and O–H groups in total. The Morgan fingerprint density at radius 2 is 2.33 bits per heavy atom. The normalized spacial score (nSPS) is 19.7. The number of hydrogen-bond donors (Lipinski definition) is 1. The van der Waals surface area contributed by atoms with Gasteiger partial charge in [-0.25, -0.2) is 4.39 Å². The van der Waals surface area contributed by atoms with E-state index in [4.69, 9.17) is 9.47 Å². The van der Waals surface area contributed by atoms with Crippen LogP contribution < -0.4 is 10.1 Å². The molecule has 1 saturated heterocycles. The van der Waals surface area contributed by atoms with Crippen molar-refractivity contribution >= 4 is 0 Å². The molecule has 0 spiro atoms. The van der Waals surface area contributed by atoms with Crippen molar-refractivity contribution in [2.24, 2.45) is 0 Å². The van der Waals surface area contributed by atoms with Crippen LogP contribution in [0.2, 0.25) is 0 Å². The van der Waals surface area contributed by atoms with Crippen LogP contribution in [0, 0.1) is 5.82 Å². The third-order valence-corrected chi connectivity index (χ3v) is 4.03. The highest BCUT2D eigenvalue weighted by Crippen LogP contribution is 2.27. The maximum absolute atomic E-state index is 14.3. The molecule has 118 valence electrons. The SMILES string of the molecule is CCCNC(CCC1CCCO1)c1ccc(OC)cc1F. The summed E-state index contributed by atoms with van der Waals surface area (Å²) >= 11 is 0. The summed E-state index contributed by atoms with van der Waals surface area (Å²) in [6.07, 6.45) is 5.53. The van der Waals surface area contributed by atoms with Crippen molar-refractivity contribution in [3.05, 3.63) is 29.6 Å². The summed E-state index contributed by atoms with van der Waals surface area (Å²) in [6.45, 7) is 3.88. The van der Waals surface area contributed by atoms with E-state index >= 15 is 0 Å². The van der Waals surface area contributed by atoms with Gasteiger partial charge in [-0.15, -0.1) is 0 Å². The molecule has 1 heterocycles. The first-order valence-corrected chi connectivity index (χ1v) is 7.93. The molecule has 0 aliphatic carbocycles. The smallest absolute Gasteiger partial charge is 0.131 e. The average Bonchev–Trinajstić information content (AvgIpc) is 3.01. The molecule has 21 heavy (non-hydrogen) atoms. The fourth-order valence-electron chi connectivity index (χ4n) is 2.83. The molecule has 0 amide bonds. The van der Waals surface area contributed by atoms with E-state index < -0.39 is 0 Å². The van der Waals surface area contributed by atoms with Gasteiger partial charge in [0.2, 0.25) is 0 Å². The number of halogens is 1. The molecule has 1 aromatic carbocycles. The second kappa shape index (κ2) is 8.35. The number of benzene rings is 1. The van der Waals surface area contributed by atoms with Crippen LogP contribution >= 0.6 is 0 Å². The van der Waals surface area contributed by atoms with E-state index in [1.807, 2.05) is 12.1 Å².